The van der Waals surface area contributed by atoms with E-state index in [0.29, 0.717) is 22.4 Å². The van der Waals surface area contributed by atoms with Gasteiger partial charge in [0.15, 0.2) is 5.43 Å². The summed E-state index contributed by atoms with van der Waals surface area (Å²) in [6, 6.07) is 16.4. The predicted molar refractivity (Wildman–Crippen MR) is 127 cm³/mol. The summed E-state index contributed by atoms with van der Waals surface area (Å²) >= 11 is 0. The van der Waals surface area contributed by atoms with Crippen LogP contribution in [0.2, 0.25) is 0 Å². The smallest absolute Gasteiger partial charge is 0.255 e. The molecule has 0 fully saturated rings. The van der Waals surface area contributed by atoms with Crippen molar-refractivity contribution in [2.24, 2.45) is 0 Å². The van der Waals surface area contributed by atoms with Gasteiger partial charge in [0, 0.05) is 47.0 Å². The second-order valence-electron chi connectivity index (χ2n) is 8.37. The molecule has 2 aromatic heterocycles. The second kappa shape index (κ2) is 8.60. The predicted octanol–water partition coefficient (Wildman–Crippen LogP) is 4.59. The van der Waals surface area contributed by atoms with E-state index in [1.807, 2.05) is 45.0 Å². The van der Waals surface area contributed by atoms with Crippen molar-refractivity contribution in [3.8, 4) is 22.9 Å². The maximum atomic E-state index is 12.9. The molecule has 0 aliphatic heterocycles. The molecule has 0 aliphatic rings. The highest BCUT2D eigenvalue weighted by atomic mass is 16.1. The molecule has 7 heteroatoms. The summed E-state index contributed by atoms with van der Waals surface area (Å²) in [6.07, 6.45) is 6.65. The summed E-state index contributed by atoms with van der Waals surface area (Å²) in [5.41, 5.74) is 4.06. The molecule has 1 amide bonds. The Labute approximate surface area is 191 Å². The number of nitriles is 1. The van der Waals surface area contributed by atoms with E-state index in [4.69, 9.17) is 0 Å². The molecule has 0 saturated heterocycles. The lowest BCUT2D eigenvalue weighted by Crippen LogP contribution is -2.17. The van der Waals surface area contributed by atoms with E-state index in [9.17, 15) is 14.9 Å². The van der Waals surface area contributed by atoms with E-state index < -0.39 is 5.41 Å². The Morgan fingerprint density at radius 1 is 1.18 bits per heavy atom. The van der Waals surface area contributed by atoms with Crippen LogP contribution in [0, 0.1) is 18.3 Å². The molecule has 164 valence electrons. The van der Waals surface area contributed by atoms with Gasteiger partial charge in [-0.25, -0.2) is 4.68 Å². The fourth-order valence-corrected chi connectivity index (χ4v) is 3.49. The number of nitrogens with zero attached hydrogens (tertiary/aromatic N) is 3. The molecule has 0 radical (unpaired) electrons. The van der Waals surface area contributed by atoms with Crippen molar-refractivity contribution in [1.29, 1.82) is 5.26 Å². The Hall–Kier alpha value is -4.44. The number of H-pyrrole nitrogens is 1. The molecule has 7 nitrogen and oxygen atoms in total. The molecule has 33 heavy (non-hydrogen) atoms. The van der Waals surface area contributed by atoms with E-state index in [-0.39, 0.29) is 11.3 Å². The number of nitrogens with one attached hydrogen (secondary N) is 2. The van der Waals surface area contributed by atoms with E-state index in [2.05, 4.69) is 21.5 Å². The molecule has 2 aromatic carbocycles. The molecule has 4 aromatic rings. The summed E-state index contributed by atoms with van der Waals surface area (Å²) < 4.78 is 1.68. The average Bonchev–Trinajstić information content (AvgIpc) is 3.30. The molecule has 0 saturated carbocycles. The number of hydrogen-bond donors (Lipinski definition) is 2. The summed E-state index contributed by atoms with van der Waals surface area (Å²) in [6.45, 7) is 5.58. The fraction of sp³-hybridized carbons (Fsp3) is 0.154. The first-order chi connectivity index (χ1) is 15.8. The number of amides is 1. The molecule has 2 heterocycles. The van der Waals surface area contributed by atoms with Crippen LogP contribution in [0.3, 0.4) is 0 Å². The number of anilines is 1. The van der Waals surface area contributed by atoms with Crippen LogP contribution >= 0.6 is 0 Å². The Kier molecular flexibility index (Phi) is 5.67. The minimum absolute atomic E-state index is 0.0900. The van der Waals surface area contributed by atoms with E-state index >= 15 is 0 Å². The number of aromatic nitrogens is 3. The van der Waals surface area contributed by atoms with Crippen LogP contribution in [-0.2, 0) is 5.41 Å². The average molecular weight is 438 g/mol. The number of rotatable bonds is 5. The van der Waals surface area contributed by atoms with Crippen LogP contribution in [0.15, 0.2) is 78.1 Å². The van der Waals surface area contributed by atoms with Gasteiger partial charge < -0.3 is 10.3 Å². The zero-order chi connectivity index (χ0) is 23.6. The van der Waals surface area contributed by atoms with Gasteiger partial charge in [0.05, 0.1) is 23.4 Å². The minimum Gasteiger partial charge on any atom is -0.367 e. The van der Waals surface area contributed by atoms with E-state index in [1.165, 1.54) is 6.07 Å². The molecule has 2 N–H and O–H groups in total. The third kappa shape index (κ3) is 4.46. The summed E-state index contributed by atoms with van der Waals surface area (Å²) in [4.78, 5) is 27.9. The molecule has 0 spiro atoms. The first-order valence-corrected chi connectivity index (χ1v) is 10.4. The number of pyridine rings is 1. The van der Waals surface area contributed by atoms with Gasteiger partial charge >= 0.3 is 0 Å². The SMILES string of the molecule is Cc1ccc(NC(=O)c2cccc(C(C)(C)C#N)c2)cc1-n1cc(-c2c[nH]ccc2=O)cn1. The molecular formula is C26H23N5O2. The molecule has 0 aliphatic carbocycles. The largest absolute Gasteiger partial charge is 0.367 e. The number of carbonyl (C=O) groups excluding carboxylic acids is 1. The first-order valence-electron chi connectivity index (χ1n) is 10.4. The summed E-state index contributed by atoms with van der Waals surface area (Å²) in [5.74, 6) is -0.266. The third-order valence-electron chi connectivity index (χ3n) is 5.56. The van der Waals surface area contributed by atoms with Crippen LogP contribution in [0.4, 0.5) is 5.69 Å². The van der Waals surface area contributed by atoms with Crippen LogP contribution in [0.25, 0.3) is 16.8 Å². The first kappa shape index (κ1) is 21.8. The number of carbonyl (C=O) groups is 1. The maximum Gasteiger partial charge on any atom is 0.255 e. The van der Waals surface area contributed by atoms with Crippen molar-refractivity contribution < 1.29 is 4.79 Å². The van der Waals surface area contributed by atoms with Crippen LogP contribution in [0.5, 0.6) is 0 Å². The lowest BCUT2D eigenvalue weighted by Gasteiger charge is -2.16. The van der Waals surface area contributed by atoms with Gasteiger partial charge in [-0.15, -0.1) is 0 Å². The van der Waals surface area contributed by atoms with Gasteiger partial charge in [-0.3, -0.25) is 9.59 Å². The number of benzene rings is 2. The van der Waals surface area contributed by atoms with Crippen molar-refractivity contribution in [2.45, 2.75) is 26.2 Å². The van der Waals surface area contributed by atoms with Crippen molar-refractivity contribution >= 4 is 11.6 Å². The van der Waals surface area contributed by atoms with Gasteiger partial charge in [0.2, 0.25) is 0 Å². The van der Waals surface area contributed by atoms with Gasteiger partial charge in [-0.1, -0.05) is 18.2 Å². The van der Waals surface area contributed by atoms with Gasteiger partial charge in [-0.05, 0) is 56.2 Å². The molecular weight excluding hydrogens is 414 g/mol. The monoisotopic (exact) mass is 437 g/mol. The van der Waals surface area contributed by atoms with Crippen molar-refractivity contribution in [1.82, 2.24) is 14.8 Å². The van der Waals surface area contributed by atoms with Crippen molar-refractivity contribution in [3.05, 3.63) is 100 Å². The van der Waals surface area contributed by atoms with Crippen LogP contribution in [0.1, 0.15) is 35.3 Å². The van der Waals surface area contributed by atoms with Crippen LogP contribution in [-0.4, -0.2) is 20.7 Å². The Bertz CT molecular complexity index is 1440. The zero-order valence-electron chi connectivity index (χ0n) is 18.6. The topological polar surface area (TPSA) is 104 Å². The molecule has 0 unspecified atom stereocenters. The van der Waals surface area contributed by atoms with Crippen LogP contribution < -0.4 is 10.7 Å². The van der Waals surface area contributed by atoms with Gasteiger partial charge in [-0.2, -0.15) is 10.4 Å². The number of aryl methyl sites for hydroxylation is 1. The van der Waals surface area contributed by atoms with Gasteiger partial charge in [0.25, 0.3) is 5.91 Å². The normalized spacial score (nSPS) is 11.1. The number of hydrogen-bond acceptors (Lipinski definition) is 4. The highest BCUT2D eigenvalue weighted by molar-refractivity contribution is 6.04. The fourth-order valence-electron chi connectivity index (χ4n) is 3.49. The lowest BCUT2D eigenvalue weighted by molar-refractivity contribution is 0.102. The van der Waals surface area contributed by atoms with E-state index in [0.717, 1.165) is 16.8 Å². The van der Waals surface area contributed by atoms with Crippen molar-refractivity contribution in [2.75, 3.05) is 5.32 Å². The number of aromatic amines is 1. The molecule has 0 bridgehead atoms. The second-order valence-corrected chi connectivity index (χ2v) is 8.37. The Morgan fingerprint density at radius 3 is 2.76 bits per heavy atom. The lowest BCUT2D eigenvalue weighted by atomic mass is 9.85. The quantitative estimate of drug-likeness (QED) is 0.476. The standard InChI is InChI=1S/C26H23N5O2/c1-17-7-8-21(30-25(33)18-5-4-6-20(11-18)26(2,3)16-27)12-23(17)31-15-19(13-29-31)22-14-28-10-9-24(22)32/h4-15H,1-3H3,(H,28,32)(H,30,33). The zero-order valence-corrected chi connectivity index (χ0v) is 18.6. The highest BCUT2D eigenvalue weighted by Crippen LogP contribution is 2.25. The van der Waals surface area contributed by atoms with E-state index in [1.54, 1.807) is 47.7 Å². The summed E-state index contributed by atoms with van der Waals surface area (Å²) in [5, 5.41) is 16.7. The Balaban J connectivity index is 1.61. The molecule has 4 rings (SSSR count). The van der Waals surface area contributed by atoms with Crippen molar-refractivity contribution in [3.63, 3.8) is 0 Å². The Morgan fingerprint density at radius 2 is 2.00 bits per heavy atom. The highest BCUT2D eigenvalue weighted by Gasteiger charge is 2.21. The maximum absolute atomic E-state index is 12.9. The van der Waals surface area contributed by atoms with Gasteiger partial charge in [0.1, 0.15) is 0 Å². The minimum atomic E-state index is -0.689. The third-order valence-corrected chi connectivity index (χ3v) is 5.56. The molecule has 0 atom stereocenters. The summed E-state index contributed by atoms with van der Waals surface area (Å²) in [7, 11) is 0.